The number of hydrazone groups is 1. The fraction of sp³-hybridized carbons (Fsp3) is 0.182. The van der Waals surface area contributed by atoms with Crippen LogP contribution in [0.4, 0.5) is 8.78 Å². The highest BCUT2D eigenvalue weighted by Gasteiger charge is 2.37. The maximum atomic E-state index is 13.7. The highest BCUT2D eigenvalue weighted by molar-refractivity contribution is 8.14. The molecule has 154 valence electrons. The third kappa shape index (κ3) is 3.70. The van der Waals surface area contributed by atoms with Crippen molar-refractivity contribution in [1.82, 2.24) is 5.01 Å². The second-order valence-corrected chi connectivity index (χ2v) is 7.81. The van der Waals surface area contributed by atoms with Crippen LogP contribution in [0.5, 0.6) is 5.75 Å². The van der Waals surface area contributed by atoms with Gasteiger partial charge in [-0.3, -0.25) is 4.79 Å². The van der Waals surface area contributed by atoms with Crippen LogP contribution in [0.1, 0.15) is 38.4 Å². The van der Waals surface area contributed by atoms with E-state index in [9.17, 15) is 13.6 Å². The molecule has 2 aromatic carbocycles. The number of halogens is 2. The fourth-order valence-electron chi connectivity index (χ4n) is 3.25. The number of amides is 1. The minimum absolute atomic E-state index is 0.306. The van der Waals surface area contributed by atoms with Gasteiger partial charge in [0.2, 0.25) is 0 Å². The third-order valence-electron chi connectivity index (χ3n) is 4.68. The highest BCUT2D eigenvalue weighted by Crippen LogP contribution is 2.45. The molecule has 0 radical (unpaired) electrons. The summed E-state index contributed by atoms with van der Waals surface area (Å²) >= 11 is 1.30. The second kappa shape index (κ2) is 7.95. The lowest BCUT2D eigenvalue weighted by molar-refractivity contribution is 0.0746. The molecule has 30 heavy (non-hydrogen) atoms. The average Bonchev–Trinajstić information content (AvgIpc) is 3.31. The molecule has 0 N–H and O–H groups in total. The van der Waals surface area contributed by atoms with Gasteiger partial charge in [-0.05, 0) is 56.3 Å². The van der Waals surface area contributed by atoms with Crippen LogP contribution in [0.2, 0.25) is 0 Å². The third-order valence-corrected chi connectivity index (χ3v) is 5.89. The van der Waals surface area contributed by atoms with Crippen LogP contribution in [-0.2, 0) is 0 Å². The molecule has 0 bridgehead atoms. The topological polar surface area (TPSA) is 55.0 Å². The van der Waals surface area contributed by atoms with E-state index in [1.54, 1.807) is 38.1 Å². The second-order valence-electron chi connectivity index (χ2n) is 6.75. The molecule has 1 aliphatic heterocycles. The van der Waals surface area contributed by atoms with Crippen molar-refractivity contribution in [2.45, 2.75) is 19.2 Å². The Balaban J connectivity index is 1.79. The van der Waals surface area contributed by atoms with E-state index >= 15 is 0 Å². The van der Waals surface area contributed by atoms with Gasteiger partial charge in [-0.2, -0.15) is 5.10 Å². The molecule has 1 amide bonds. The van der Waals surface area contributed by atoms with E-state index in [1.165, 1.54) is 48.1 Å². The van der Waals surface area contributed by atoms with Gasteiger partial charge in [0, 0.05) is 17.2 Å². The zero-order chi connectivity index (χ0) is 21.4. The predicted molar refractivity (Wildman–Crippen MR) is 111 cm³/mol. The molecule has 0 saturated carbocycles. The van der Waals surface area contributed by atoms with Crippen molar-refractivity contribution in [3.63, 3.8) is 0 Å². The molecular formula is C22H18F2N2O3S. The van der Waals surface area contributed by atoms with Gasteiger partial charge in [-0.25, -0.2) is 13.8 Å². The Morgan fingerprint density at radius 1 is 1.10 bits per heavy atom. The average molecular weight is 428 g/mol. The first-order valence-electron chi connectivity index (χ1n) is 9.12. The summed E-state index contributed by atoms with van der Waals surface area (Å²) in [6, 6.07) is 11.7. The van der Waals surface area contributed by atoms with Crippen LogP contribution >= 0.6 is 11.8 Å². The summed E-state index contributed by atoms with van der Waals surface area (Å²) in [5, 5.41) is 5.79. The summed E-state index contributed by atoms with van der Waals surface area (Å²) in [7, 11) is 1.44. The zero-order valence-corrected chi connectivity index (χ0v) is 17.3. The number of methoxy groups -OCH3 is 1. The summed E-state index contributed by atoms with van der Waals surface area (Å²) in [4.78, 5) is 13.3. The van der Waals surface area contributed by atoms with Crippen molar-refractivity contribution in [1.29, 1.82) is 0 Å². The minimum Gasteiger partial charge on any atom is -0.496 e. The zero-order valence-electron chi connectivity index (χ0n) is 16.5. The maximum Gasteiger partial charge on any atom is 0.278 e. The molecule has 5 nitrogen and oxygen atoms in total. The number of benzene rings is 2. The lowest BCUT2D eigenvalue weighted by Gasteiger charge is -2.22. The molecule has 1 unspecified atom stereocenters. The van der Waals surface area contributed by atoms with E-state index in [1.807, 2.05) is 0 Å². The molecule has 0 aliphatic carbocycles. The van der Waals surface area contributed by atoms with Crippen LogP contribution in [0.3, 0.4) is 0 Å². The number of carbonyl (C=O) groups excluding carboxylic acids is 1. The van der Waals surface area contributed by atoms with E-state index < -0.39 is 11.2 Å². The Hall–Kier alpha value is -3.13. The molecule has 0 spiro atoms. The molecule has 0 saturated heterocycles. The van der Waals surface area contributed by atoms with E-state index in [4.69, 9.17) is 9.15 Å². The molecule has 4 rings (SSSR count). The van der Waals surface area contributed by atoms with Gasteiger partial charge >= 0.3 is 0 Å². The molecule has 8 heteroatoms. The first-order valence-corrected chi connectivity index (χ1v) is 10.0. The van der Waals surface area contributed by atoms with Crippen LogP contribution in [0.25, 0.3) is 0 Å². The lowest BCUT2D eigenvalue weighted by atomic mass is 10.1. The first kappa shape index (κ1) is 20.2. The standard InChI is InChI=1S/C22H18F2N2O3S/c1-12-10-18(13(2)29-12)21(27)26-22(17-9-8-16(24)11-19(17)28-3)30-20(25-26)14-4-6-15(23)7-5-14/h4-11,22H,1-3H3. The Bertz CT molecular complexity index is 1140. The number of nitrogens with zero attached hydrogens (tertiary/aromatic N) is 2. The summed E-state index contributed by atoms with van der Waals surface area (Å²) in [6.07, 6.45) is 0. The number of aryl methyl sites for hydroxylation is 2. The smallest absolute Gasteiger partial charge is 0.278 e. The molecular weight excluding hydrogens is 410 g/mol. The highest BCUT2D eigenvalue weighted by atomic mass is 32.2. The molecule has 3 aromatic rings. The van der Waals surface area contributed by atoms with Crippen molar-refractivity contribution < 1.29 is 22.7 Å². The summed E-state index contributed by atoms with van der Waals surface area (Å²) < 4.78 is 37.9. The van der Waals surface area contributed by atoms with E-state index in [2.05, 4.69) is 5.10 Å². The largest absolute Gasteiger partial charge is 0.496 e. The van der Waals surface area contributed by atoms with Crippen LogP contribution in [-0.4, -0.2) is 23.1 Å². The number of furan rings is 1. The Labute approximate surface area is 176 Å². The number of carbonyl (C=O) groups is 1. The van der Waals surface area contributed by atoms with Gasteiger partial charge in [-0.15, -0.1) is 0 Å². The van der Waals surface area contributed by atoms with Crippen molar-refractivity contribution in [2.75, 3.05) is 7.11 Å². The minimum atomic E-state index is -0.595. The first-order chi connectivity index (χ1) is 14.4. The van der Waals surface area contributed by atoms with Gasteiger partial charge in [0.25, 0.3) is 5.91 Å². The fourth-order valence-corrected chi connectivity index (χ4v) is 4.43. The normalized spacial score (nSPS) is 16.0. The SMILES string of the molecule is COc1cc(F)ccc1C1SC(c2ccc(F)cc2)=NN1C(=O)c1cc(C)oc1C. The number of ether oxygens (including phenoxy) is 1. The quantitative estimate of drug-likeness (QED) is 0.556. The van der Waals surface area contributed by atoms with E-state index in [0.29, 0.717) is 39.0 Å². The van der Waals surface area contributed by atoms with Crippen LogP contribution < -0.4 is 4.74 Å². The molecule has 2 heterocycles. The summed E-state index contributed by atoms with van der Waals surface area (Å²) in [5.41, 5.74) is 1.65. The molecule has 1 aliphatic rings. The van der Waals surface area contributed by atoms with Gasteiger partial charge in [0.15, 0.2) is 0 Å². The number of rotatable bonds is 4. The predicted octanol–water partition coefficient (Wildman–Crippen LogP) is 5.43. The van der Waals surface area contributed by atoms with Gasteiger partial charge in [0.1, 0.15) is 39.3 Å². The summed E-state index contributed by atoms with van der Waals surface area (Å²) in [6.45, 7) is 3.47. The van der Waals surface area contributed by atoms with Gasteiger partial charge in [0.05, 0.1) is 12.7 Å². The molecule has 1 atom stereocenters. The molecule has 1 aromatic heterocycles. The Kier molecular flexibility index (Phi) is 5.34. The maximum absolute atomic E-state index is 13.7. The molecule has 0 fully saturated rings. The van der Waals surface area contributed by atoms with Crippen molar-refractivity contribution >= 4 is 22.7 Å². The lowest BCUT2D eigenvalue weighted by Crippen LogP contribution is -2.26. The number of hydrogen-bond acceptors (Lipinski definition) is 5. The number of hydrogen-bond donors (Lipinski definition) is 0. The van der Waals surface area contributed by atoms with Crippen LogP contribution in [0, 0.1) is 25.5 Å². The summed E-state index contributed by atoms with van der Waals surface area (Å²) in [5.74, 6) is 0.236. The van der Waals surface area contributed by atoms with Crippen molar-refractivity contribution in [3.8, 4) is 5.75 Å². The van der Waals surface area contributed by atoms with Crippen molar-refractivity contribution in [2.24, 2.45) is 5.10 Å². The van der Waals surface area contributed by atoms with E-state index in [-0.39, 0.29) is 11.7 Å². The number of thioether (sulfide) groups is 1. The Morgan fingerprint density at radius 2 is 1.80 bits per heavy atom. The van der Waals surface area contributed by atoms with Crippen LogP contribution in [0.15, 0.2) is 58.0 Å². The Morgan fingerprint density at radius 3 is 2.43 bits per heavy atom. The van der Waals surface area contributed by atoms with Crippen molar-refractivity contribution in [3.05, 3.63) is 88.4 Å². The van der Waals surface area contributed by atoms with Gasteiger partial charge in [-0.1, -0.05) is 11.8 Å². The van der Waals surface area contributed by atoms with E-state index in [0.717, 1.165) is 0 Å². The monoisotopic (exact) mass is 428 g/mol. The van der Waals surface area contributed by atoms with Gasteiger partial charge < -0.3 is 9.15 Å².